The van der Waals surface area contributed by atoms with E-state index in [1.165, 1.54) is 17.5 Å². The third-order valence-electron chi connectivity index (χ3n) is 4.10. The van der Waals surface area contributed by atoms with Gasteiger partial charge in [0.1, 0.15) is 0 Å². The second-order valence-electron chi connectivity index (χ2n) is 5.69. The number of nitrogens with zero attached hydrogens (tertiary/aromatic N) is 1. The molecule has 1 aromatic heterocycles. The average molecular weight is 295 g/mol. The highest BCUT2D eigenvalue weighted by atomic mass is 16.2. The van der Waals surface area contributed by atoms with E-state index in [-0.39, 0.29) is 12.1 Å². The van der Waals surface area contributed by atoms with Crippen LogP contribution >= 0.6 is 0 Å². The number of hydrogen-bond acceptors (Lipinski definition) is 2. The van der Waals surface area contributed by atoms with Crippen molar-refractivity contribution < 1.29 is 4.79 Å². The number of benzene rings is 1. The van der Waals surface area contributed by atoms with Gasteiger partial charge in [-0.2, -0.15) is 0 Å². The van der Waals surface area contributed by atoms with E-state index in [0.29, 0.717) is 6.54 Å². The van der Waals surface area contributed by atoms with Crippen molar-refractivity contribution in [1.82, 2.24) is 15.6 Å². The Morgan fingerprint density at radius 3 is 2.95 bits per heavy atom. The van der Waals surface area contributed by atoms with E-state index in [4.69, 9.17) is 0 Å². The van der Waals surface area contributed by atoms with Crippen molar-refractivity contribution in [3.63, 3.8) is 0 Å². The fourth-order valence-electron chi connectivity index (χ4n) is 2.97. The summed E-state index contributed by atoms with van der Waals surface area (Å²) in [6.07, 6.45) is 7.92. The highest BCUT2D eigenvalue weighted by Crippen LogP contribution is 2.28. The normalized spacial score (nSPS) is 17.2. The van der Waals surface area contributed by atoms with Crippen molar-refractivity contribution in [2.45, 2.75) is 38.3 Å². The minimum Gasteiger partial charge on any atom is -0.334 e. The van der Waals surface area contributed by atoms with Gasteiger partial charge >= 0.3 is 6.03 Å². The van der Waals surface area contributed by atoms with Crippen LogP contribution < -0.4 is 10.6 Å². The monoisotopic (exact) mass is 295 g/mol. The summed E-state index contributed by atoms with van der Waals surface area (Å²) in [5.74, 6) is 0. The minimum absolute atomic E-state index is 0.104. The third-order valence-corrected chi connectivity index (χ3v) is 4.10. The van der Waals surface area contributed by atoms with Gasteiger partial charge in [-0.3, -0.25) is 4.98 Å². The molecule has 0 radical (unpaired) electrons. The second-order valence-corrected chi connectivity index (χ2v) is 5.69. The Bertz CT molecular complexity index is 627. The number of rotatable bonds is 3. The van der Waals surface area contributed by atoms with Gasteiger partial charge in [-0.15, -0.1) is 0 Å². The summed E-state index contributed by atoms with van der Waals surface area (Å²) in [7, 11) is 0. The molecule has 0 saturated heterocycles. The third kappa shape index (κ3) is 3.64. The summed E-state index contributed by atoms with van der Waals surface area (Å²) >= 11 is 0. The standard InChI is InChI=1S/C18H21N3O/c22-18(20-13-14-6-5-11-19-12-14)21-17-10-4-2-8-15-7-1-3-9-16(15)17/h1,3,5-7,9,11-12,17H,2,4,8,10,13H2,(H2,20,21,22)/t17-/m1/s1. The van der Waals surface area contributed by atoms with Gasteiger partial charge in [0.25, 0.3) is 0 Å². The molecule has 1 atom stereocenters. The van der Waals surface area contributed by atoms with Crippen LogP contribution in [-0.4, -0.2) is 11.0 Å². The van der Waals surface area contributed by atoms with Crippen LogP contribution in [0.25, 0.3) is 0 Å². The molecule has 4 nitrogen and oxygen atoms in total. The molecule has 0 saturated carbocycles. The molecule has 0 spiro atoms. The van der Waals surface area contributed by atoms with Gasteiger partial charge in [-0.1, -0.05) is 36.8 Å². The van der Waals surface area contributed by atoms with E-state index >= 15 is 0 Å². The molecule has 1 aromatic carbocycles. The molecule has 0 aliphatic heterocycles. The number of aryl methyl sites for hydroxylation is 1. The summed E-state index contributed by atoms with van der Waals surface area (Å²) in [6.45, 7) is 0.494. The number of urea groups is 1. The number of carbonyl (C=O) groups excluding carboxylic acids is 1. The highest BCUT2D eigenvalue weighted by Gasteiger charge is 2.19. The van der Waals surface area contributed by atoms with Gasteiger partial charge in [0.2, 0.25) is 0 Å². The zero-order valence-corrected chi connectivity index (χ0v) is 12.6. The van der Waals surface area contributed by atoms with Crippen molar-refractivity contribution in [3.8, 4) is 0 Å². The maximum absolute atomic E-state index is 12.2. The molecule has 1 aliphatic rings. The lowest BCUT2D eigenvalue weighted by molar-refractivity contribution is 0.236. The largest absolute Gasteiger partial charge is 0.334 e. The van der Waals surface area contributed by atoms with Crippen LogP contribution in [-0.2, 0) is 13.0 Å². The van der Waals surface area contributed by atoms with Crippen LogP contribution in [0.5, 0.6) is 0 Å². The summed E-state index contributed by atoms with van der Waals surface area (Å²) in [6, 6.07) is 12.2. The molecular formula is C18H21N3O. The topological polar surface area (TPSA) is 54.0 Å². The predicted molar refractivity (Wildman–Crippen MR) is 86.3 cm³/mol. The van der Waals surface area contributed by atoms with Gasteiger partial charge in [0.15, 0.2) is 0 Å². The van der Waals surface area contributed by atoms with Crippen LogP contribution in [0.15, 0.2) is 48.8 Å². The smallest absolute Gasteiger partial charge is 0.315 e. The molecular weight excluding hydrogens is 274 g/mol. The van der Waals surface area contributed by atoms with Gasteiger partial charge in [-0.25, -0.2) is 4.79 Å². The molecule has 2 N–H and O–H groups in total. The number of fused-ring (bicyclic) bond motifs is 1. The molecule has 1 aliphatic carbocycles. The van der Waals surface area contributed by atoms with Gasteiger partial charge in [-0.05, 0) is 42.0 Å². The zero-order chi connectivity index (χ0) is 15.2. The predicted octanol–water partition coefficient (Wildman–Crippen LogP) is 3.35. The maximum Gasteiger partial charge on any atom is 0.315 e. The number of amides is 2. The van der Waals surface area contributed by atoms with Crippen molar-refractivity contribution >= 4 is 6.03 Å². The van der Waals surface area contributed by atoms with Crippen LogP contribution in [0.1, 0.15) is 42.0 Å². The highest BCUT2D eigenvalue weighted by molar-refractivity contribution is 5.74. The van der Waals surface area contributed by atoms with Crippen LogP contribution in [0.3, 0.4) is 0 Å². The van der Waals surface area contributed by atoms with Gasteiger partial charge in [0, 0.05) is 18.9 Å². The number of hydrogen-bond donors (Lipinski definition) is 2. The lowest BCUT2D eigenvalue weighted by atomic mass is 9.99. The Morgan fingerprint density at radius 2 is 2.09 bits per heavy atom. The van der Waals surface area contributed by atoms with E-state index in [2.05, 4.69) is 33.8 Å². The second kappa shape index (κ2) is 7.07. The maximum atomic E-state index is 12.2. The molecule has 4 heteroatoms. The van der Waals surface area contributed by atoms with Gasteiger partial charge < -0.3 is 10.6 Å². The lowest BCUT2D eigenvalue weighted by Gasteiger charge is -2.19. The molecule has 114 valence electrons. The van der Waals surface area contributed by atoms with Crippen molar-refractivity contribution in [2.75, 3.05) is 0 Å². The molecule has 22 heavy (non-hydrogen) atoms. The molecule has 2 aromatic rings. The SMILES string of the molecule is O=C(NCc1cccnc1)N[C@@H]1CCCCc2ccccc21. The number of aromatic nitrogens is 1. The molecule has 0 bridgehead atoms. The minimum atomic E-state index is -0.120. The Hall–Kier alpha value is -2.36. The number of carbonyl (C=O) groups is 1. The van der Waals surface area contributed by atoms with Crippen molar-refractivity contribution in [2.24, 2.45) is 0 Å². The summed E-state index contributed by atoms with van der Waals surface area (Å²) < 4.78 is 0. The fourth-order valence-corrected chi connectivity index (χ4v) is 2.97. The van der Waals surface area contributed by atoms with Crippen molar-refractivity contribution in [3.05, 3.63) is 65.5 Å². The Morgan fingerprint density at radius 1 is 1.18 bits per heavy atom. The first kappa shape index (κ1) is 14.6. The summed E-state index contributed by atoms with van der Waals surface area (Å²) in [5, 5.41) is 6.02. The van der Waals surface area contributed by atoms with E-state index in [9.17, 15) is 4.79 Å². The van der Waals surface area contributed by atoms with Crippen LogP contribution in [0.2, 0.25) is 0 Å². The van der Waals surface area contributed by atoms with Crippen LogP contribution in [0, 0.1) is 0 Å². The average Bonchev–Trinajstić information content (AvgIpc) is 2.77. The van der Waals surface area contributed by atoms with Crippen molar-refractivity contribution in [1.29, 1.82) is 0 Å². The van der Waals surface area contributed by atoms with E-state index in [1.54, 1.807) is 12.4 Å². The first-order valence-electron chi connectivity index (χ1n) is 7.84. The fraction of sp³-hybridized carbons (Fsp3) is 0.333. The molecule has 0 fully saturated rings. The molecule has 1 heterocycles. The van der Waals surface area contributed by atoms with E-state index in [0.717, 1.165) is 24.8 Å². The Labute approximate surface area is 131 Å². The zero-order valence-electron chi connectivity index (χ0n) is 12.6. The quantitative estimate of drug-likeness (QED) is 0.853. The Kier molecular flexibility index (Phi) is 4.68. The summed E-state index contributed by atoms with van der Waals surface area (Å²) in [5.41, 5.74) is 3.62. The lowest BCUT2D eigenvalue weighted by Crippen LogP contribution is -2.37. The van der Waals surface area contributed by atoms with Crippen LogP contribution in [0.4, 0.5) is 4.79 Å². The first-order valence-corrected chi connectivity index (χ1v) is 7.84. The molecule has 3 rings (SSSR count). The first-order chi connectivity index (χ1) is 10.8. The number of pyridine rings is 1. The number of nitrogens with one attached hydrogen (secondary N) is 2. The van der Waals surface area contributed by atoms with E-state index in [1.807, 2.05) is 18.2 Å². The van der Waals surface area contributed by atoms with Gasteiger partial charge in [0.05, 0.1) is 6.04 Å². The van der Waals surface area contributed by atoms with E-state index < -0.39 is 0 Å². The summed E-state index contributed by atoms with van der Waals surface area (Å²) in [4.78, 5) is 16.2. The Balaban J connectivity index is 1.61. The molecule has 0 unspecified atom stereocenters. The molecule has 2 amide bonds.